The summed E-state index contributed by atoms with van der Waals surface area (Å²) in [6.07, 6.45) is 0. The lowest BCUT2D eigenvalue weighted by atomic mass is 10.2. The number of carbonyl (C=O) groups excluding carboxylic acids is 1. The molecule has 0 N–H and O–H groups in total. The van der Waals surface area contributed by atoms with Crippen molar-refractivity contribution in [2.24, 2.45) is 0 Å². The van der Waals surface area contributed by atoms with Crippen molar-refractivity contribution in [3.63, 3.8) is 0 Å². The summed E-state index contributed by atoms with van der Waals surface area (Å²) in [7, 11) is 1.32. The molecular formula is C10H8Br2O4. The van der Waals surface area contributed by atoms with Gasteiger partial charge in [0.15, 0.2) is 21.5 Å². The monoisotopic (exact) mass is 350 g/mol. The lowest BCUT2D eigenvalue weighted by Gasteiger charge is -2.28. The van der Waals surface area contributed by atoms with Gasteiger partial charge in [-0.25, -0.2) is 4.79 Å². The van der Waals surface area contributed by atoms with Gasteiger partial charge in [-0.3, -0.25) is 0 Å². The molecule has 1 aliphatic heterocycles. The van der Waals surface area contributed by atoms with Crippen LogP contribution in [0.2, 0.25) is 0 Å². The third kappa shape index (κ3) is 2.04. The molecule has 6 heteroatoms. The summed E-state index contributed by atoms with van der Waals surface area (Å²) >= 11 is 6.57. The highest BCUT2D eigenvalue weighted by molar-refractivity contribution is 9.12. The largest absolute Gasteiger partial charge is 0.470 e. The Morgan fingerprint density at radius 3 is 2.69 bits per heavy atom. The third-order valence-corrected chi connectivity index (χ3v) is 4.10. The quantitative estimate of drug-likeness (QED) is 0.576. The number of para-hydroxylation sites is 1. The van der Waals surface area contributed by atoms with Crippen LogP contribution in [0, 0.1) is 0 Å². The molecule has 0 saturated carbocycles. The number of fused-ring (bicyclic) bond motifs is 1. The summed E-state index contributed by atoms with van der Waals surface area (Å²) in [6, 6.07) is 5.07. The molecule has 0 saturated heterocycles. The van der Waals surface area contributed by atoms with Crippen molar-refractivity contribution in [2.75, 3.05) is 7.11 Å². The minimum Gasteiger partial charge on any atom is -0.470 e. The summed E-state index contributed by atoms with van der Waals surface area (Å²) in [6.45, 7) is 0. The van der Waals surface area contributed by atoms with E-state index in [1.165, 1.54) is 7.11 Å². The van der Waals surface area contributed by atoms with E-state index >= 15 is 0 Å². The molecule has 0 aromatic heterocycles. The minimum absolute atomic E-state index is 0.298. The summed E-state index contributed by atoms with van der Waals surface area (Å²) in [5.74, 6) is 0.459. The van der Waals surface area contributed by atoms with Gasteiger partial charge in [-0.05, 0) is 44.0 Å². The highest BCUT2D eigenvalue weighted by atomic mass is 79.9. The second-order valence-corrected chi connectivity index (χ2v) is 4.87. The third-order valence-electron chi connectivity index (χ3n) is 2.06. The van der Waals surface area contributed by atoms with E-state index in [-0.39, 0.29) is 10.0 Å². The van der Waals surface area contributed by atoms with Gasteiger partial charge >= 0.3 is 5.97 Å². The average Bonchev–Trinajstić information content (AvgIpc) is 2.29. The number of benzene rings is 1. The van der Waals surface area contributed by atoms with Gasteiger partial charge < -0.3 is 14.2 Å². The van der Waals surface area contributed by atoms with Crippen LogP contribution in [0.3, 0.4) is 0 Å². The number of alkyl halides is 2. The molecule has 4 nitrogen and oxygen atoms in total. The van der Waals surface area contributed by atoms with Crippen LogP contribution in [-0.2, 0) is 4.74 Å². The Balaban J connectivity index is 2.44. The van der Waals surface area contributed by atoms with Crippen LogP contribution >= 0.6 is 31.9 Å². The van der Waals surface area contributed by atoms with E-state index in [0.717, 1.165) is 0 Å². The standard InChI is InChI=1S/C10H8Br2O4/c1-14-10(13)5-3-2-4-6-7(5)16-9(12)8(11)15-6/h2-4,8-9H,1H3. The highest BCUT2D eigenvalue weighted by Gasteiger charge is 2.30. The van der Waals surface area contributed by atoms with Crippen LogP contribution in [0.5, 0.6) is 11.5 Å². The Labute approximate surface area is 109 Å². The number of hydrogen-bond donors (Lipinski definition) is 0. The van der Waals surface area contributed by atoms with Crippen LogP contribution in [-0.4, -0.2) is 23.1 Å². The summed E-state index contributed by atoms with van der Waals surface area (Å²) in [5, 5.41) is -0.654. The van der Waals surface area contributed by atoms with Crippen molar-refractivity contribution in [3.05, 3.63) is 23.8 Å². The van der Waals surface area contributed by atoms with Crippen LogP contribution in [0.1, 0.15) is 10.4 Å². The van der Waals surface area contributed by atoms with E-state index in [0.29, 0.717) is 17.1 Å². The molecule has 0 radical (unpaired) electrons. The van der Waals surface area contributed by atoms with Crippen molar-refractivity contribution < 1.29 is 19.0 Å². The van der Waals surface area contributed by atoms with Gasteiger partial charge in [-0.1, -0.05) is 6.07 Å². The maximum atomic E-state index is 11.5. The van der Waals surface area contributed by atoms with E-state index in [1.54, 1.807) is 18.2 Å². The molecule has 0 fully saturated rings. The molecule has 1 aromatic rings. The molecule has 2 atom stereocenters. The molecule has 0 amide bonds. The molecule has 0 aliphatic carbocycles. The molecule has 0 bridgehead atoms. The second kappa shape index (κ2) is 4.63. The lowest BCUT2D eigenvalue weighted by Crippen LogP contribution is -2.31. The lowest BCUT2D eigenvalue weighted by molar-refractivity contribution is 0.0586. The Bertz CT molecular complexity index is 421. The fourth-order valence-corrected chi connectivity index (χ4v) is 1.95. The molecule has 86 valence electrons. The second-order valence-electron chi connectivity index (χ2n) is 3.06. The van der Waals surface area contributed by atoms with E-state index in [1.807, 2.05) is 0 Å². The maximum Gasteiger partial charge on any atom is 0.341 e. The van der Waals surface area contributed by atoms with E-state index in [4.69, 9.17) is 9.47 Å². The zero-order chi connectivity index (χ0) is 11.7. The van der Waals surface area contributed by atoms with Crippen molar-refractivity contribution in [1.82, 2.24) is 0 Å². The fourth-order valence-electron chi connectivity index (χ4n) is 1.34. The SMILES string of the molecule is COC(=O)c1cccc2c1OC(Br)C(Br)O2. The van der Waals surface area contributed by atoms with Crippen LogP contribution in [0.4, 0.5) is 0 Å². The van der Waals surface area contributed by atoms with Gasteiger partial charge in [0, 0.05) is 0 Å². The number of ether oxygens (including phenoxy) is 3. The van der Waals surface area contributed by atoms with Crippen molar-refractivity contribution >= 4 is 37.8 Å². The molecule has 1 aromatic carbocycles. The molecule has 2 unspecified atom stereocenters. The minimum atomic E-state index is -0.451. The Morgan fingerprint density at radius 1 is 1.31 bits per heavy atom. The first-order valence-electron chi connectivity index (χ1n) is 4.46. The highest BCUT2D eigenvalue weighted by Crippen LogP contribution is 2.40. The molecular weight excluding hydrogens is 344 g/mol. The summed E-state index contributed by atoms with van der Waals surface area (Å²) < 4.78 is 15.7. The molecule has 1 heterocycles. The smallest absolute Gasteiger partial charge is 0.341 e. The fraction of sp³-hybridized carbons (Fsp3) is 0.300. The normalized spacial score (nSPS) is 22.7. The maximum absolute atomic E-state index is 11.5. The van der Waals surface area contributed by atoms with Crippen molar-refractivity contribution in [1.29, 1.82) is 0 Å². The van der Waals surface area contributed by atoms with Gasteiger partial charge in [0.25, 0.3) is 0 Å². The van der Waals surface area contributed by atoms with E-state index < -0.39 is 5.97 Å². The van der Waals surface area contributed by atoms with Gasteiger partial charge in [0.2, 0.25) is 0 Å². The number of halogens is 2. The Morgan fingerprint density at radius 2 is 2.00 bits per heavy atom. The van der Waals surface area contributed by atoms with Crippen molar-refractivity contribution in [3.8, 4) is 11.5 Å². The first-order valence-corrected chi connectivity index (χ1v) is 6.29. The van der Waals surface area contributed by atoms with Crippen molar-refractivity contribution in [2.45, 2.75) is 10.0 Å². The van der Waals surface area contributed by atoms with Crippen LogP contribution in [0.15, 0.2) is 18.2 Å². The topological polar surface area (TPSA) is 44.8 Å². The first-order chi connectivity index (χ1) is 7.63. The van der Waals surface area contributed by atoms with Crippen LogP contribution in [0.25, 0.3) is 0 Å². The number of hydrogen-bond acceptors (Lipinski definition) is 4. The number of rotatable bonds is 1. The number of carbonyl (C=O) groups is 1. The predicted molar refractivity (Wildman–Crippen MR) is 64.5 cm³/mol. The molecule has 0 spiro atoms. The Hall–Kier alpha value is -0.750. The number of methoxy groups -OCH3 is 1. The summed E-state index contributed by atoms with van der Waals surface area (Å²) in [5.41, 5.74) is 0.351. The van der Waals surface area contributed by atoms with Gasteiger partial charge in [-0.2, -0.15) is 0 Å². The molecule has 16 heavy (non-hydrogen) atoms. The Kier molecular flexibility index (Phi) is 3.39. The summed E-state index contributed by atoms with van der Waals surface area (Å²) in [4.78, 5) is 11.5. The number of esters is 1. The van der Waals surface area contributed by atoms with Gasteiger partial charge in [0.1, 0.15) is 5.56 Å². The zero-order valence-electron chi connectivity index (χ0n) is 8.28. The van der Waals surface area contributed by atoms with E-state index in [9.17, 15) is 4.79 Å². The van der Waals surface area contributed by atoms with Gasteiger partial charge in [-0.15, -0.1) is 0 Å². The molecule has 1 aliphatic rings. The van der Waals surface area contributed by atoms with Crippen LogP contribution < -0.4 is 9.47 Å². The zero-order valence-corrected chi connectivity index (χ0v) is 11.4. The predicted octanol–water partition coefficient (Wildman–Crippen LogP) is 2.69. The van der Waals surface area contributed by atoms with Gasteiger partial charge in [0.05, 0.1) is 7.11 Å². The van der Waals surface area contributed by atoms with E-state index in [2.05, 4.69) is 36.6 Å². The first kappa shape index (κ1) is 11.7. The molecule has 2 rings (SSSR count). The average molecular weight is 352 g/mol.